The minimum absolute atomic E-state index is 0.356. The molecule has 2 rings (SSSR count). The van der Waals surface area contributed by atoms with Crippen molar-refractivity contribution in [1.82, 2.24) is 4.98 Å². The molecule has 13 heavy (non-hydrogen) atoms. The van der Waals surface area contributed by atoms with Crippen LogP contribution in [0.2, 0.25) is 0 Å². The molecule has 4 heteroatoms. The Kier molecular flexibility index (Phi) is 2.25. The molecule has 3 nitrogen and oxygen atoms in total. The number of aromatic nitrogens is 1. The van der Waals surface area contributed by atoms with E-state index in [4.69, 9.17) is 9.47 Å². The molecule has 0 atom stereocenters. The van der Waals surface area contributed by atoms with Crippen molar-refractivity contribution in [2.45, 2.75) is 0 Å². The maximum absolute atomic E-state index is 5.25. The zero-order valence-corrected chi connectivity index (χ0v) is 9.12. The standard InChI is InChI=1S/C9H9NO2Se/c1-11-6-3-4-7-8(9(6)12-2)10-5-13-7/h3-5H,1-2H3. The molecule has 0 N–H and O–H groups in total. The van der Waals surface area contributed by atoms with E-state index in [1.165, 1.54) is 4.26 Å². The summed E-state index contributed by atoms with van der Waals surface area (Å²) in [5, 5.41) is 1.94. The van der Waals surface area contributed by atoms with Gasteiger partial charge in [0.1, 0.15) is 0 Å². The van der Waals surface area contributed by atoms with Crippen LogP contribution in [0.25, 0.3) is 9.78 Å². The molecular weight excluding hydrogens is 233 g/mol. The Morgan fingerprint density at radius 3 is 2.77 bits per heavy atom. The average Bonchev–Trinajstić information content (AvgIpc) is 2.63. The average molecular weight is 242 g/mol. The van der Waals surface area contributed by atoms with Gasteiger partial charge in [-0.2, -0.15) is 0 Å². The fraction of sp³-hybridized carbons (Fsp3) is 0.222. The molecule has 1 aromatic carbocycles. The Morgan fingerprint density at radius 1 is 1.23 bits per heavy atom. The van der Waals surface area contributed by atoms with Gasteiger partial charge in [-0.3, -0.25) is 0 Å². The van der Waals surface area contributed by atoms with Crippen LogP contribution in [0, 0.1) is 0 Å². The molecule has 0 unspecified atom stereocenters. The van der Waals surface area contributed by atoms with Crippen LogP contribution in [-0.4, -0.2) is 33.7 Å². The van der Waals surface area contributed by atoms with Gasteiger partial charge < -0.3 is 0 Å². The molecular formula is C9H9NO2Se. The number of hydrogen-bond donors (Lipinski definition) is 0. The number of nitrogens with zero attached hydrogens (tertiary/aromatic N) is 1. The zero-order valence-electron chi connectivity index (χ0n) is 7.40. The van der Waals surface area contributed by atoms with E-state index in [0.717, 1.165) is 17.0 Å². The molecule has 1 heterocycles. The fourth-order valence-electron chi connectivity index (χ4n) is 1.25. The number of hydrogen-bond acceptors (Lipinski definition) is 3. The zero-order chi connectivity index (χ0) is 9.26. The topological polar surface area (TPSA) is 31.4 Å². The van der Waals surface area contributed by atoms with Crippen LogP contribution >= 0.6 is 0 Å². The molecule has 0 bridgehead atoms. The van der Waals surface area contributed by atoms with Gasteiger partial charge in [-0.1, -0.05) is 0 Å². The van der Waals surface area contributed by atoms with E-state index in [1.54, 1.807) is 14.2 Å². The van der Waals surface area contributed by atoms with Gasteiger partial charge in [0.25, 0.3) is 0 Å². The van der Waals surface area contributed by atoms with Crippen molar-refractivity contribution in [3.63, 3.8) is 0 Å². The third-order valence-electron chi connectivity index (χ3n) is 1.84. The molecule has 0 fully saturated rings. The summed E-state index contributed by atoms with van der Waals surface area (Å²) in [5.74, 6) is 1.49. The summed E-state index contributed by atoms with van der Waals surface area (Å²) in [7, 11) is 3.27. The van der Waals surface area contributed by atoms with Crippen molar-refractivity contribution in [3.05, 3.63) is 17.2 Å². The van der Waals surface area contributed by atoms with E-state index in [1.807, 2.05) is 17.2 Å². The van der Waals surface area contributed by atoms with Gasteiger partial charge >= 0.3 is 81.7 Å². The SMILES string of the molecule is COc1ccc2[se]cnc2c1OC. The van der Waals surface area contributed by atoms with Crippen molar-refractivity contribution in [3.8, 4) is 11.5 Å². The van der Waals surface area contributed by atoms with Gasteiger partial charge in [-0.25, -0.2) is 0 Å². The molecule has 0 amide bonds. The van der Waals surface area contributed by atoms with E-state index in [2.05, 4.69) is 4.98 Å². The second-order valence-electron chi connectivity index (χ2n) is 2.50. The van der Waals surface area contributed by atoms with Crippen LogP contribution in [0.3, 0.4) is 0 Å². The van der Waals surface area contributed by atoms with Crippen LogP contribution in [0.1, 0.15) is 0 Å². The van der Waals surface area contributed by atoms with Gasteiger partial charge in [0.15, 0.2) is 0 Å². The summed E-state index contributed by atoms with van der Waals surface area (Å²) < 4.78 is 11.7. The van der Waals surface area contributed by atoms with Crippen molar-refractivity contribution in [1.29, 1.82) is 0 Å². The van der Waals surface area contributed by atoms with Crippen LogP contribution in [0.4, 0.5) is 0 Å². The van der Waals surface area contributed by atoms with Gasteiger partial charge in [-0.05, 0) is 0 Å². The number of ether oxygens (including phenoxy) is 2. The van der Waals surface area contributed by atoms with Gasteiger partial charge in [0.05, 0.1) is 0 Å². The fourth-order valence-corrected chi connectivity index (χ4v) is 2.66. The monoisotopic (exact) mass is 243 g/mol. The first-order valence-electron chi connectivity index (χ1n) is 3.81. The summed E-state index contributed by atoms with van der Waals surface area (Å²) in [4.78, 5) is 4.28. The summed E-state index contributed by atoms with van der Waals surface area (Å²) >= 11 is 0.356. The van der Waals surface area contributed by atoms with Crippen LogP contribution < -0.4 is 9.47 Å². The number of methoxy groups -OCH3 is 2. The van der Waals surface area contributed by atoms with Crippen molar-refractivity contribution in [2.75, 3.05) is 14.2 Å². The second-order valence-corrected chi connectivity index (χ2v) is 4.36. The van der Waals surface area contributed by atoms with E-state index < -0.39 is 0 Å². The molecule has 2 aromatic rings. The summed E-state index contributed by atoms with van der Waals surface area (Å²) in [6.07, 6.45) is 0. The first-order chi connectivity index (χ1) is 6.36. The number of rotatable bonds is 2. The number of fused-ring (bicyclic) bond motifs is 1. The van der Waals surface area contributed by atoms with Crippen molar-refractivity contribution < 1.29 is 9.47 Å². The Morgan fingerprint density at radius 2 is 2.08 bits per heavy atom. The second kappa shape index (κ2) is 3.40. The number of benzene rings is 1. The molecule has 0 aliphatic rings. The third kappa shape index (κ3) is 1.32. The summed E-state index contributed by atoms with van der Waals surface area (Å²) in [6, 6.07) is 3.97. The van der Waals surface area contributed by atoms with Crippen LogP contribution in [0.15, 0.2) is 17.2 Å². The first-order valence-corrected chi connectivity index (χ1v) is 5.65. The molecule has 68 valence electrons. The van der Waals surface area contributed by atoms with E-state index >= 15 is 0 Å². The Labute approximate surface area is 82.0 Å². The molecule has 1 aromatic heterocycles. The molecule has 0 saturated carbocycles. The Balaban J connectivity index is 2.74. The van der Waals surface area contributed by atoms with Crippen molar-refractivity contribution in [2.24, 2.45) is 0 Å². The normalized spacial score (nSPS) is 10.3. The predicted molar refractivity (Wildman–Crippen MR) is 51.8 cm³/mol. The molecule has 0 saturated heterocycles. The summed E-state index contributed by atoms with van der Waals surface area (Å²) in [6.45, 7) is 0. The van der Waals surface area contributed by atoms with Crippen molar-refractivity contribution >= 4 is 24.3 Å². The van der Waals surface area contributed by atoms with E-state index in [-0.39, 0.29) is 0 Å². The minimum atomic E-state index is 0.356. The Bertz CT molecular complexity index is 424. The Hall–Kier alpha value is -0.991. The molecule has 0 aliphatic heterocycles. The van der Waals surface area contributed by atoms with Gasteiger partial charge in [-0.15, -0.1) is 0 Å². The van der Waals surface area contributed by atoms with Gasteiger partial charge in [0.2, 0.25) is 0 Å². The third-order valence-corrected chi connectivity index (χ3v) is 3.51. The quantitative estimate of drug-likeness (QED) is 0.744. The summed E-state index contributed by atoms with van der Waals surface area (Å²) in [5.41, 5.74) is 0.932. The van der Waals surface area contributed by atoms with Crippen LogP contribution in [0.5, 0.6) is 11.5 Å². The van der Waals surface area contributed by atoms with Gasteiger partial charge in [0, 0.05) is 0 Å². The van der Waals surface area contributed by atoms with E-state index in [0.29, 0.717) is 14.5 Å². The van der Waals surface area contributed by atoms with Crippen LogP contribution in [-0.2, 0) is 0 Å². The first kappa shape index (κ1) is 8.60. The molecule has 0 aliphatic carbocycles. The predicted octanol–water partition coefficient (Wildman–Crippen LogP) is 1.31. The molecule has 0 radical (unpaired) electrons. The molecule has 0 spiro atoms. The van der Waals surface area contributed by atoms with E-state index in [9.17, 15) is 0 Å². The maximum atomic E-state index is 5.25.